The predicted octanol–water partition coefficient (Wildman–Crippen LogP) is 3.86. The van der Waals surface area contributed by atoms with E-state index in [9.17, 15) is 4.79 Å². The molecule has 3 nitrogen and oxygen atoms in total. The summed E-state index contributed by atoms with van der Waals surface area (Å²) in [7, 11) is 0. The molecule has 0 rings (SSSR count). The highest BCUT2D eigenvalue weighted by Crippen LogP contribution is 2.21. The van der Waals surface area contributed by atoms with Gasteiger partial charge in [-0.2, -0.15) is 0 Å². The largest absolute Gasteiger partial charge is 0.337 e. The Morgan fingerprint density at radius 2 is 1.82 bits per heavy atom. The normalized spacial score (nSPS) is 9.71. The van der Waals surface area contributed by atoms with E-state index in [4.69, 9.17) is 0 Å². The van der Waals surface area contributed by atoms with Gasteiger partial charge in [0.25, 0.3) is 0 Å². The molecule has 0 unspecified atom stereocenters. The second kappa shape index (κ2) is 11.9. The molecule has 0 heterocycles. The summed E-state index contributed by atoms with van der Waals surface area (Å²) in [5, 5.41) is 2.91. The van der Waals surface area contributed by atoms with Gasteiger partial charge in [-0.15, -0.1) is 13.2 Å². The Bertz CT molecular complexity index is 223. The standard InChI is InChI=1S/C12H22N2OS2/c1-4-7-8-9-13-12(15)14(16-10-5-2)17-11-6-3/h5-6H,2-4,7-11H2,1H3,(H,13,15). The monoisotopic (exact) mass is 274 g/mol. The number of amides is 2. The number of carbonyl (C=O) groups is 1. The van der Waals surface area contributed by atoms with Crippen LogP contribution in [-0.2, 0) is 0 Å². The van der Waals surface area contributed by atoms with Gasteiger partial charge in [-0.1, -0.05) is 31.9 Å². The molecule has 0 saturated carbocycles. The molecular formula is C12H22N2OS2. The zero-order valence-corrected chi connectivity index (χ0v) is 12.1. The number of rotatable bonds is 10. The highest BCUT2D eigenvalue weighted by atomic mass is 32.2. The summed E-state index contributed by atoms with van der Waals surface area (Å²) in [6, 6.07) is -0.0418. The van der Waals surface area contributed by atoms with E-state index in [1.807, 2.05) is 0 Å². The molecule has 0 radical (unpaired) electrons. The molecule has 0 aliphatic carbocycles. The van der Waals surface area contributed by atoms with Gasteiger partial charge in [0.1, 0.15) is 0 Å². The number of urea groups is 1. The van der Waals surface area contributed by atoms with Crippen LogP contribution in [0.5, 0.6) is 0 Å². The van der Waals surface area contributed by atoms with Gasteiger partial charge in [0.15, 0.2) is 0 Å². The Kier molecular flexibility index (Phi) is 11.5. The number of nitrogens with one attached hydrogen (secondary N) is 1. The fourth-order valence-electron chi connectivity index (χ4n) is 1.03. The molecule has 0 aliphatic rings. The summed E-state index contributed by atoms with van der Waals surface area (Å²) in [4.78, 5) is 11.8. The Labute approximate surface area is 113 Å². The average molecular weight is 274 g/mol. The van der Waals surface area contributed by atoms with Crippen molar-refractivity contribution in [3.63, 3.8) is 0 Å². The summed E-state index contributed by atoms with van der Waals surface area (Å²) in [5.74, 6) is 1.46. The predicted molar refractivity (Wildman–Crippen MR) is 80.1 cm³/mol. The SMILES string of the molecule is C=CCSN(SCC=C)C(=O)NCCCCC. The lowest BCUT2D eigenvalue weighted by atomic mass is 10.2. The third kappa shape index (κ3) is 9.18. The van der Waals surface area contributed by atoms with Crippen LogP contribution in [0, 0.1) is 0 Å². The van der Waals surface area contributed by atoms with Crippen molar-refractivity contribution in [2.45, 2.75) is 26.2 Å². The van der Waals surface area contributed by atoms with E-state index in [2.05, 4.69) is 25.4 Å². The van der Waals surface area contributed by atoms with E-state index in [1.165, 1.54) is 23.9 Å². The van der Waals surface area contributed by atoms with Crippen molar-refractivity contribution in [1.29, 1.82) is 0 Å². The molecule has 1 N–H and O–H groups in total. The Hall–Kier alpha value is -0.550. The third-order valence-electron chi connectivity index (χ3n) is 1.84. The third-order valence-corrected chi connectivity index (χ3v) is 4.04. The van der Waals surface area contributed by atoms with Crippen molar-refractivity contribution in [2.75, 3.05) is 18.1 Å². The molecule has 0 aromatic rings. The topological polar surface area (TPSA) is 32.3 Å². The van der Waals surface area contributed by atoms with Crippen LogP contribution in [0.4, 0.5) is 4.79 Å². The van der Waals surface area contributed by atoms with Gasteiger partial charge in [0, 0.05) is 18.1 Å². The highest BCUT2D eigenvalue weighted by molar-refractivity contribution is 8.12. The molecule has 0 bridgehead atoms. The molecule has 0 spiro atoms. The molecule has 0 aromatic carbocycles. The minimum Gasteiger partial charge on any atom is -0.337 e. The number of unbranched alkanes of at least 4 members (excludes halogenated alkanes) is 2. The van der Waals surface area contributed by atoms with Crippen LogP contribution < -0.4 is 5.32 Å². The fraction of sp³-hybridized carbons (Fsp3) is 0.583. The summed E-state index contributed by atoms with van der Waals surface area (Å²) >= 11 is 2.90. The van der Waals surface area contributed by atoms with E-state index in [0.717, 1.165) is 37.3 Å². The van der Waals surface area contributed by atoms with E-state index in [1.54, 1.807) is 15.9 Å². The van der Waals surface area contributed by atoms with Gasteiger partial charge in [-0.3, -0.25) is 0 Å². The van der Waals surface area contributed by atoms with Crippen molar-refractivity contribution in [3.8, 4) is 0 Å². The van der Waals surface area contributed by atoms with E-state index in [0.29, 0.717) is 0 Å². The molecular weight excluding hydrogens is 252 g/mol. The lowest BCUT2D eigenvalue weighted by Gasteiger charge is -2.19. The van der Waals surface area contributed by atoms with Crippen LogP contribution in [0.25, 0.3) is 0 Å². The molecule has 0 fully saturated rings. The van der Waals surface area contributed by atoms with Crippen molar-refractivity contribution in [1.82, 2.24) is 9.03 Å². The van der Waals surface area contributed by atoms with Gasteiger partial charge in [0.05, 0.1) is 0 Å². The first-order valence-electron chi connectivity index (χ1n) is 5.81. The maximum absolute atomic E-state index is 11.8. The summed E-state index contributed by atoms with van der Waals surface area (Å²) in [5.41, 5.74) is 0. The first-order chi connectivity index (χ1) is 8.26. The maximum Gasteiger partial charge on any atom is 0.337 e. The fourth-order valence-corrected chi connectivity index (χ4v) is 2.54. The van der Waals surface area contributed by atoms with Crippen LogP contribution in [0.3, 0.4) is 0 Å². The van der Waals surface area contributed by atoms with Crippen molar-refractivity contribution < 1.29 is 4.79 Å². The minimum atomic E-state index is -0.0418. The molecule has 2 amide bonds. The number of nitrogens with zero attached hydrogens (tertiary/aromatic N) is 1. The van der Waals surface area contributed by atoms with E-state index < -0.39 is 0 Å². The first-order valence-corrected chi connectivity index (χ1v) is 7.70. The van der Waals surface area contributed by atoms with Gasteiger partial charge in [0.2, 0.25) is 0 Å². The number of carbonyl (C=O) groups excluding carboxylic acids is 1. The second-order valence-electron chi connectivity index (χ2n) is 3.37. The average Bonchev–Trinajstić information content (AvgIpc) is 2.34. The van der Waals surface area contributed by atoms with Crippen LogP contribution in [-0.4, -0.2) is 27.8 Å². The van der Waals surface area contributed by atoms with Gasteiger partial charge < -0.3 is 5.32 Å². The molecule has 0 atom stereocenters. The minimum absolute atomic E-state index is 0.0418. The Morgan fingerprint density at radius 3 is 2.29 bits per heavy atom. The molecule has 5 heteroatoms. The van der Waals surface area contributed by atoms with Crippen LogP contribution in [0.15, 0.2) is 25.3 Å². The highest BCUT2D eigenvalue weighted by Gasteiger charge is 2.12. The van der Waals surface area contributed by atoms with Crippen LogP contribution in [0.2, 0.25) is 0 Å². The molecule has 0 saturated heterocycles. The maximum atomic E-state index is 11.8. The summed E-state index contributed by atoms with van der Waals surface area (Å²) < 4.78 is 1.66. The lowest BCUT2D eigenvalue weighted by Crippen LogP contribution is -2.32. The van der Waals surface area contributed by atoms with Gasteiger partial charge in [-0.25, -0.2) is 8.51 Å². The van der Waals surface area contributed by atoms with Crippen LogP contribution >= 0.6 is 23.9 Å². The molecule has 0 aromatic heterocycles. The van der Waals surface area contributed by atoms with Crippen molar-refractivity contribution in [3.05, 3.63) is 25.3 Å². The van der Waals surface area contributed by atoms with Gasteiger partial charge in [-0.05, 0) is 30.3 Å². The van der Waals surface area contributed by atoms with Crippen molar-refractivity contribution >= 4 is 29.9 Å². The first kappa shape index (κ1) is 16.4. The number of hydrogen-bond donors (Lipinski definition) is 1. The summed E-state index contributed by atoms with van der Waals surface area (Å²) in [6.45, 7) is 10.2. The summed E-state index contributed by atoms with van der Waals surface area (Å²) in [6.07, 6.45) is 6.93. The lowest BCUT2D eigenvalue weighted by molar-refractivity contribution is 0.238. The number of hydrogen-bond acceptors (Lipinski definition) is 3. The van der Waals surface area contributed by atoms with Crippen LogP contribution in [0.1, 0.15) is 26.2 Å². The van der Waals surface area contributed by atoms with Crippen molar-refractivity contribution in [2.24, 2.45) is 0 Å². The molecule has 0 aliphatic heterocycles. The van der Waals surface area contributed by atoms with Gasteiger partial charge >= 0.3 is 6.03 Å². The molecule has 17 heavy (non-hydrogen) atoms. The smallest absolute Gasteiger partial charge is 0.337 e. The zero-order chi connectivity index (χ0) is 12.9. The Morgan fingerprint density at radius 1 is 1.24 bits per heavy atom. The van der Waals surface area contributed by atoms with E-state index in [-0.39, 0.29) is 6.03 Å². The molecule has 98 valence electrons. The zero-order valence-electron chi connectivity index (χ0n) is 10.5. The second-order valence-corrected chi connectivity index (χ2v) is 5.51. The quantitative estimate of drug-likeness (QED) is 0.373. The van der Waals surface area contributed by atoms with E-state index >= 15 is 0 Å². The Balaban J connectivity index is 3.93.